The van der Waals surface area contributed by atoms with Crippen molar-refractivity contribution in [2.75, 3.05) is 5.32 Å². The van der Waals surface area contributed by atoms with E-state index >= 15 is 0 Å². The molecule has 0 unspecified atom stereocenters. The Balaban J connectivity index is 1.77. The second-order valence-electron chi connectivity index (χ2n) is 5.74. The Morgan fingerprint density at radius 2 is 1.65 bits per heavy atom. The second kappa shape index (κ2) is 8.15. The van der Waals surface area contributed by atoms with E-state index in [0.29, 0.717) is 5.69 Å². The Hall–Kier alpha value is -2.66. The molecule has 3 aromatic carbocycles. The molecular weight excluding hydrogens is 352 g/mol. The first-order valence-corrected chi connectivity index (χ1v) is 8.99. The number of anilines is 1. The van der Waals surface area contributed by atoms with E-state index < -0.39 is 16.9 Å². The molecule has 1 N–H and O–H groups in total. The Kier molecular flexibility index (Phi) is 5.68. The van der Waals surface area contributed by atoms with E-state index in [9.17, 15) is 13.6 Å². The Morgan fingerprint density at radius 3 is 2.42 bits per heavy atom. The van der Waals surface area contributed by atoms with E-state index in [1.807, 2.05) is 54.6 Å². The molecule has 3 aromatic rings. The maximum Gasteiger partial charge on any atom is 0.237 e. The van der Waals surface area contributed by atoms with Crippen molar-refractivity contribution in [2.45, 2.75) is 17.1 Å². The summed E-state index contributed by atoms with van der Waals surface area (Å²) in [6.07, 6.45) is 0. The zero-order chi connectivity index (χ0) is 18.5. The van der Waals surface area contributed by atoms with Crippen LogP contribution in [0.4, 0.5) is 14.5 Å². The standard InChI is InChI=1S/C21H17F2NOS/c1-14(26-20-13-16(22)11-12-18(20)23)21(25)24-19-10-6-5-9-17(19)15-7-3-2-4-8-15/h2-14H,1H3,(H,24,25)/t14-/m0/s1. The summed E-state index contributed by atoms with van der Waals surface area (Å²) in [6.45, 7) is 1.66. The fourth-order valence-electron chi connectivity index (χ4n) is 2.51. The molecule has 2 nitrogen and oxygen atoms in total. The molecule has 0 spiro atoms. The number of carbonyl (C=O) groups is 1. The third kappa shape index (κ3) is 4.29. The minimum atomic E-state index is -0.588. The summed E-state index contributed by atoms with van der Waals surface area (Å²) in [4.78, 5) is 12.7. The van der Waals surface area contributed by atoms with Crippen LogP contribution in [-0.4, -0.2) is 11.2 Å². The van der Waals surface area contributed by atoms with Crippen LogP contribution in [0.3, 0.4) is 0 Å². The monoisotopic (exact) mass is 369 g/mol. The van der Waals surface area contributed by atoms with Gasteiger partial charge in [0, 0.05) is 16.1 Å². The molecule has 0 saturated carbocycles. The summed E-state index contributed by atoms with van der Waals surface area (Å²) >= 11 is 0.986. The summed E-state index contributed by atoms with van der Waals surface area (Å²) < 4.78 is 27.1. The van der Waals surface area contributed by atoms with Crippen LogP contribution in [0.1, 0.15) is 6.92 Å². The highest BCUT2D eigenvalue weighted by atomic mass is 32.2. The van der Waals surface area contributed by atoms with Crippen LogP contribution in [0.25, 0.3) is 11.1 Å². The third-order valence-electron chi connectivity index (χ3n) is 3.84. The predicted molar refractivity (Wildman–Crippen MR) is 102 cm³/mol. The van der Waals surface area contributed by atoms with E-state index in [1.165, 1.54) is 0 Å². The molecule has 26 heavy (non-hydrogen) atoms. The molecule has 1 amide bonds. The van der Waals surface area contributed by atoms with E-state index in [2.05, 4.69) is 5.32 Å². The number of amides is 1. The number of hydrogen-bond donors (Lipinski definition) is 1. The minimum absolute atomic E-state index is 0.115. The van der Waals surface area contributed by atoms with Gasteiger partial charge in [-0.15, -0.1) is 11.8 Å². The van der Waals surface area contributed by atoms with Crippen LogP contribution < -0.4 is 5.32 Å². The van der Waals surface area contributed by atoms with Gasteiger partial charge in [-0.2, -0.15) is 0 Å². The molecular formula is C21H17F2NOS. The van der Waals surface area contributed by atoms with Crippen molar-refractivity contribution in [3.8, 4) is 11.1 Å². The van der Waals surface area contributed by atoms with Crippen molar-refractivity contribution in [1.29, 1.82) is 0 Å². The number of rotatable bonds is 5. The molecule has 0 aliphatic rings. The Bertz CT molecular complexity index is 915. The molecule has 132 valence electrons. The molecule has 0 radical (unpaired) electrons. The lowest BCUT2D eigenvalue weighted by Crippen LogP contribution is -2.22. The number of hydrogen-bond acceptors (Lipinski definition) is 2. The van der Waals surface area contributed by atoms with Crippen LogP contribution in [0.2, 0.25) is 0 Å². The van der Waals surface area contributed by atoms with Crippen molar-refractivity contribution in [3.63, 3.8) is 0 Å². The number of halogens is 2. The van der Waals surface area contributed by atoms with Crippen LogP contribution in [0.5, 0.6) is 0 Å². The predicted octanol–water partition coefficient (Wildman–Crippen LogP) is 5.75. The van der Waals surface area contributed by atoms with E-state index in [1.54, 1.807) is 6.92 Å². The average molecular weight is 369 g/mol. The summed E-state index contributed by atoms with van der Waals surface area (Å²) in [5, 5.41) is 2.30. The first-order valence-electron chi connectivity index (χ1n) is 8.11. The first kappa shape index (κ1) is 18.1. The molecule has 1 atom stereocenters. The van der Waals surface area contributed by atoms with Gasteiger partial charge in [0.05, 0.1) is 5.25 Å². The van der Waals surface area contributed by atoms with Crippen molar-refractivity contribution in [2.24, 2.45) is 0 Å². The summed E-state index contributed by atoms with van der Waals surface area (Å²) in [7, 11) is 0. The van der Waals surface area contributed by atoms with E-state index in [4.69, 9.17) is 0 Å². The molecule has 3 rings (SSSR count). The summed E-state index contributed by atoms with van der Waals surface area (Å²) in [5.41, 5.74) is 2.56. The van der Waals surface area contributed by atoms with E-state index in [-0.39, 0.29) is 10.8 Å². The van der Waals surface area contributed by atoms with Crippen LogP contribution >= 0.6 is 11.8 Å². The summed E-state index contributed by atoms with van der Waals surface area (Å²) in [6, 6.07) is 20.4. The molecule has 0 heterocycles. The third-order valence-corrected chi connectivity index (χ3v) is 4.97. The van der Waals surface area contributed by atoms with Gasteiger partial charge in [-0.05, 0) is 36.8 Å². The lowest BCUT2D eigenvalue weighted by molar-refractivity contribution is -0.115. The number of para-hydroxylation sites is 1. The van der Waals surface area contributed by atoms with Gasteiger partial charge in [0.2, 0.25) is 5.91 Å². The average Bonchev–Trinajstić information content (AvgIpc) is 2.66. The summed E-state index contributed by atoms with van der Waals surface area (Å²) in [5.74, 6) is -1.35. The number of nitrogens with one attached hydrogen (secondary N) is 1. The molecule has 0 saturated heterocycles. The molecule has 0 fully saturated rings. The van der Waals surface area contributed by atoms with Gasteiger partial charge in [0.1, 0.15) is 11.6 Å². The highest BCUT2D eigenvalue weighted by Gasteiger charge is 2.18. The van der Waals surface area contributed by atoms with Crippen molar-refractivity contribution in [3.05, 3.63) is 84.4 Å². The topological polar surface area (TPSA) is 29.1 Å². The van der Waals surface area contributed by atoms with Crippen LogP contribution in [0, 0.1) is 11.6 Å². The number of thioether (sulfide) groups is 1. The normalized spacial score (nSPS) is 11.8. The number of benzene rings is 3. The van der Waals surface area contributed by atoms with Gasteiger partial charge in [-0.1, -0.05) is 48.5 Å². The minimum Gasteiger partial charge on any atom is -0.325 e. The fourth-order valence-corrected chi connectivity index (χ4v) is 3.42. The molecule has 0 aromatic heterocycles. The first-order chi connectivity index (χ1) is 12.5. The highest BCUT2D eigenvalue weighted by molar-refractivity contribution is 8.00. The maximum atomic E-state index is 13.8. The van der Waals surface area contributed by atoms with Crippen molar-refractivity contribution in [1.82, 2.24) is 0 Å². The Morgan fingerprint density at radius 1 is 0.962 bits per heavy atom. The van der Waals surface area contributed by atoms with Crippen molar-refractivity contribution >= 4 is 23.4 Å². The number of carbonyl (C=O) groups excluding carboxylic acids is 1. The van der Waals surface area contributed by atoms with Gasteiger partial charge < -0.3 is 5.32 Å². The van der Waals surface area contributed by atoms with Crippen LogP contribution in [-0.2, 0) is 4.79 Å². The molecule has 0 bridgehead atoms. The van der Waals surface area contributed by atoms with Gasteiger partial charge in [-0.3, -0.25) is 4.79 Å². The second-order valence-corrected chi connectivity index (χ2v) is 7.12. The smallest absolute Gasteiger partial charge is 0.237 e. The largest absolute Gasteiger partial charge is 0.325 e. The van der Waals surface area contributed by atoms with Gasteiger partial charge >= 0.3 is 0 Å². The molecule has 0 aliphatic heterocycles. The molecule has 0 aliphatic carbocycles. The zero-order valence-electron chi connectivity index (χ0n) is 14.1. The van der Waals surface area contributed by atoms with Gasteiger partial charge in [0.25, 0.3) is 0 Å². The van der Waals surface area contributed by atoms with Crippen LogP contribution in [0.15, 0.2) is 77.7 Å². The lowest BCUT2D eigenvalue weighted by Gasteiger charge is -2.15. The lowest BCUT2D eigenvalue weighted by atomic mass is 10.0. The SMILES string of the molecule is C[C@H](Sc1cc(F)ccc1F)C(=O)Nc1ccccc1-c1ccccc1. The highest BCUT2D eigenvalue weighted by Crippen LogP contribution is 2.30. The molecule has 5 heteroatoms. The quantitative estimate of drug-likeness (QED) is 0.580. The maximum absolute atomic E-state index is 13.8. The Labute approximate surface area is 155 Å². The van der Waals surface area contributed by atoms with Gasteiger partial charge in [-0.25, -0.2) is 8.78 Å². The van der Waals surface area contributed by atoms with E-state index in [0.717, 1.165) is 41.1 Å². The van der Waals surface area contributed by atoms with Crippen molar-refractivity contribution < 1.29 is 13.6 Å². The zero-order valence-corrected chi connectivity index (χ0v) is 14.9. The fraction of sp³-hybridized carbons (Fsp3) is 0.0952. The van der Waals surface area contributed by atoms with Gasteiger partial charge in [0.15, 0.2) is 0 Å².